The molecular formula is C24H47NO2. The molecule has 27 heavy (non-hydrogen) atoms. The van der Waals surface area contributed by atoms with Gasteiger partial charge in [0, 0.05) is 6.54 Å². The Morgan fingerprint density at radius 2 is 1.11 bits per heavy atom. The van der Waals surface area contributed by atoms with E-state index in [1.54, 1.807) is 0 Å². The van der Waals surface area contributed by atoms with Crippen LogP contribution in [0.2, 0.25) is 0 Å². The van der Waals surface area contributed by atoms with Crippen molar-refractivity contribution < 1.29 is 9.90 Å². The number of hydrogen-bond acceptors (Lipinski definition) is 3. The lowest BCUT2D eigenvalue weighted by Crippen LogP contribution is -2.27. The Labute approximate surface area is 169 Å². The van der Waals surface area contributed by atoms with Gasteiger partial charge in [0.25, 0.3) is 0 Å². The van der Waals surface area contributed by atoms with E-state index < -0.39 is 6.10 Å². The zero-order valence-corrected chi connectivity index (χ0v) is 18.1. The predicted octanol–water partition coefficient (Wildman–Crippen LogP) is 6.47. The fraction of sp³-hybridized carbons (Fsp3) is 0.875. The van der Waals surface area contributed by atoms with E-state index in [9.17, 15) is 9.90 Å². The maximum absolute atomic E-state index is 11.3. The zero-order chi connectivity index (χ0) is 20.0. The molecule has 3 N–H and O–H groups in total. The molecule has 1 unspecified atom stereocenters. The van der Waals surface area contributed by atoms with Crippen molar-refractivity contribution in [2.45, 2.75) is 129 Å². The minimum Gasteiger partial charge on any atom is -0.384 e. The first kappa shape index (κ1) is 26.3. The van der Waals surface area contributed by atoms with Gasteiger partial charge in [0.1, 0.15) is 6.10 Å². The summed E-state index contributed by atoms with van der Waals surface area (Å²) in [5.41, 5.74) is 5.24. The summed E-state index contributed by atoms with van der Waals surface area (Å²) >= 11 is 0. The first-order chi connectivity index (χ1) is 13.2. The van der Waals surface area contributed by atoms with Gasteiger partial charge in [-0.2, -0.15) is 0 Å². The van der Waals surface area contributed by atoms with Gasteiger partial charge in [-0.1, -0.05) is 116 Å². The van der Waals surface area contributed by atoms with Crippen molar-refractivity contribution >= 4 is 5.78 Å². The third-order valence-electron chi connectivity index (χ3n) is 5.31. The summed E-state index contributed by atoms with van der Waals surface area (Å²) in [6.45, 7) is 2.28. The maximum atomic E-state index is 11.3. The lowest BCUT2D eigenvalue weighted by Gasteiger charge is -2.03. The van der Waals surface area contributed by atoms with Crippen molar-refractivity contribution in [1.29, 1.82) is 0 Å². The molecule has 3 nitrogen and oxygen atoms in total. The number of allylic oxidation sites excluding steroid dienone is 1. The summed E-state index contributed by atoms with van der Waals surface area (Å²) in [4.78, 5) is 11.3. The molecule has 0 amide bonds. The molecule has 0 aliphatic heterocycles. The summed E-state index contributed by atoms with van der Waals surface area (Å²) < 4.78 is 0. The SMILES string of the molecule is CCCCCCCCCCCCCCCCCCCC=CC(=O)C(O)CN. The van der Waals surface area contributed by atoms with Crippen LogP contribution in [0.1, 0.15) is 122 Å². The topological polar surface area (TPSA) is 63.3 Å². The van der Waals surface area contributed by atoms with Gasteiger partial charge in [0.2, 0.25) is 0 Å². The first-order valence-corrected chi connectivity index (χ1v) is 11.8. The van der Waals surface area contributed by atoms with Crippen LogP contribution in [0.5, 0.6) is 0 Å². The van der Waals surface area contributed by atoms with Crippen LogP contribution >= 0.6 is 0 Å². The third kappa shape index (κ3) is 19.9. The van der Waals surface area contributed by atoms with Crippen LogP contribution in [-0.4, -0.2) is 23.5 Å². The zero-order valence-electron chi connectivity index (χ0n) is 18.1. The van der Waals surface area contributed by atoms with Gasteiger partial charge in [-0.3, -0.25) is 4.79 Å². The number of aliphatic hydroxyl groups is 1. The van der Waals surface area contributed by atoms with E-state index in [1.807, 2.05) is 6.08 Å². The minimum atomic E-state index is -1.03. The number of aliphatic hydroxyl groups excluding tert-OH is 1. The van der Waals surface area contributed by atoms with E-state index >= 15 is 0 Å². The number of hydrogen-bond donors (Lipinski definition) is 2. The van der Waals surface area contributed by atoms with Crippen LogP contribution in [0.15, 0.2) is 12.2 Å². The summed E-state index contributed by atoms with van der Waals surface area (Å²) in [6, 6.07) is 0. The quantitative estimate of drug-likeness (QED) is 0.177. The Morgan fingerprint density at radius 3 is 1.48 bits per heavy atom. The average molecular weight is 382 g/mol. The van der Waals surface area contributed by atoms with Crippen molar-refractivity contribution in [2.75, 3.05) is 6.54 Å². The fourth-order valence-electron chi connectivity index (χ4n) is 3.41. The molecule has 0 fully saturated rings. The van der Waals surface area contributed by atoms with Crippen molar-refractivity contribution in [1.82, 2.24) is 0 Å². The van der Waals surface area contributed by atoms with Crippen molar-refractivity contribution in [2.24, 2.45) is 5.73 Å². The van der Waals surface area contributed by atoms with Crippen molar-refractivity contribution in [3.8, 4) is 0 Å². The molecule has 0 spiro atoms. The standard InChI is InChI=1S/C24H47NO2/c1-2-3-4-5-6-7-8-9-10-11-12-13-14-15-16-17-18-19-20-21-23(26)24(27)22-25/h20-21,24,27H,2-19,22,25H2,1H3. The second-order valence-electron chi connectivity index (χ2n) is 8.00. The van der Waals surface area contributed by atoms with Gasteiger partial charge in [0.15, 0.2) is 5.78 Å². The molecule has 0 heterocycles. The van der Waals surface area contributed by atoms with Crippen LogP contribution in [0.4, 0.5) is 0 Å². The Balaban J connectivity index is 3.15. The van der Waals surface area contributed by atoms with Gasteiger partial charge < -0.3 is 10.8 Å². The predicted molar refractivity (Wildman–Crippen MR) is 118 cm³/mol. The number of rotatable bonds is 21. The minimum absolute atomic E-state index is 0.00228. The molecule has 0 aliphatic carbocycles. The van der Waals surface area contributed by atoms with Crippen LogP contribution in [-0.2, 0) is 4.79 Å². The van der Waals surface area contributed by atoms with Crippen LogP contribution in [0, 0.1) is 0 Å². The molecule has 0 aromatic rings. The molecule has 0 aromatic carbocycles. The highest BCUT2D eigenvalue weighted by atomic mass is 16.3. The molecule has 0 radical (unpaired) electrons. The second kappa shape index (κ2) is 21.6. The fourth-order valence-corrected chi connectivity index (χ4v) is 3.41. The Kier molecular flexibility index (Phi) is 21.1. The first-order valence-electron chi connectivity index (χ1n) is 11.8. The van der Waals surface area contributed by atoms with Crippen molar-refractivity contribution in [3.63, 3.8) is 0 Å². The summed E-state index contributed by atoms with van der Waals surface area (Å²) in [7, 11) is 0. The highest BCUT2D eigenvalue weighted by molar-refractivity contribution is 5.93. The van der Waals surface area contributed by atoms with Crippen LogP contribution < -0.4 is 5.73 Å². The van der Waals surface area contributed by atoms with E-state index in [0.29, 0.717) is 0 Å². The highest BCUT2D eigenvalue weighted by Crippen LogP contribution is 2.14. The average Bonchev–Trinajstić information content (AvgIpc) is 2.68. The maximum Gasteiger partial charge on any atom is 0.185 e. The summed E-state index contributed by atoms with van der Waals surface area (Å²) in [6.07, 6.45) is 26.7. The van der Waals surface area contributed by atoms with Crippen LogP contribution in [0.25, 0.3) is 0 Å². The number of carbonyl (C=O) groups excluding carboxylic acids is 1. The number of carbonyl (C=O) groups is 1. The largest absolute Gasteiger partial charge is 0.384 e. The Hall–Kier alpha value is -0.670. The second-order valence-corrected chi connectivity index (χ2v) is 8.00. The lowest BCUT2D eigenvalue weighted by molar-refractivity contribution is -0.121. The number of unbranched alkanes of at least 4 members (excludes halogenated alkanes) is 17. The summed E-state index contributed by atoms with van der Waals surface area (Å²) in [5, 5.41) is 9.25. The Bertz CT molecular complexity index is 341. The molecule has 0 aromatic heterocycles. The number of nitrogens with two attached hydrogens (primary N) is 1. The number of ketones is 1. The molecule has 0 saturated carbocycles. The van der Waals surface area contributed by atoms with E-state index in [1.165, 1.54) is 109 Å². The normalized spacial score (nSPS) is 12.7. The van der Waals surface area contributed by atoms with Gasteiger partial charge in [-0.25, -0.2) is 0 Å². The van der Waals surface area contributed by atoms with E-state index in [4.69, 9.17) is 5.73 Å². The molecule has 1 atom stereocenters. The molecular weight excluding hydrogens is 334 g/mol. The van der Waals surface area contributed by atoms with Gasteiger partial charge in [0.05, 0.1) is 0 Å². The van der Waals surface area contributed by atoms with Gasteiger partial charge in [-0.15, -0.1) is 0 Å². The van der Waals surface area contributed by atoms with Gasteiger partial charge in [-0.05, 0) is 18.9 Å². The van der Waals surface area contributed by atoms with E-state index in [2.05, 4.69) is 6.92 Å². The lowest BCUT2D eigenvalue weighted by atomic mass is 10.0. The Morgan fingerprint density at radius 1 is 0.741 bits per heavy atom. The molecule has 0 saturated heterocycles. The van der Waals surface area contributed by atoms with E-state index in [-0.39, 0.29) is 12.3 Å². The smallest absolute Gasteiger partial charge is 0.185 e. The van der Waals surface area contributed by atoms with Gasteiger partial charge >= 0.3 is 0 Å². The molecule has 0 rings (SSSR count). The molecule has 3 heteroatoms. The third-order valence-corrected chi connectivity index (χ3v) is 5.31. The highest BCUT2D eigenvalue weighted by Gasteiger charge is 2.07. The van der Waals surface area contributed by atoms with Crippen molar-refractivity contribution in [3.05, 3.63) is 12.2 Å². The molecule has 160 valence electrons. The summed E-state index contributed by atoms with van der Waals surface area (Å²) in [5.74, 6) is -0.274. The monoisotopic (exact) mass is 381 g/mol. The van der Waals surface area contributed by atoms with E-state index in [0.717, 1.165) is 12.8 Å². The van der Waals surface area contributed by atoms with Crippen LogP contribution in [0.3, 0.4) is 0 Å². The molecule has 0 bridgehead atoms. The molecule has 0 aliphatic rings.